The molecule has 4 aromatic rings. The molecular formula is C26H24ClN5O2. The van der Waals surface area contributed by atoms with Gasteiger partial charge >= 0.3 is 0 Å². The van der Waals surface area contributed by atoms with Crippen LogP contribution in [0.3, 0.4) is 0 Å². The SMILES string of the molecule is Cc1cc2c3c(ccn3C[C@H](N3CCc4c(nn(Cc5ccccc5)c4Cl)C3=O)C(=O)N2C)c1. The Kier molecular flexibility index (Phi) is 4.78. The van der Waals surface area contributed by atoms with E-state index < -0.39 is 6.04 Å². The summed E-state index contributed by atoms with van der Waals surface area (Å²) in [6.07, 6.45) is 2.56. The summed E-state index contributed by atoms with van der Waals surface area (Å²) in [6.45, 7) is 3.34. The van der Waals surface area contributed by atoms with Gasteiger partial charge in [0, 0.05) is 30.7 Å². The van der Waals surface area contributed by atoms with Crippen molar-refractivity contribution in [3.63, 3.8) is 0 Å². The number of aryl methyl sites for hydroxylation is 1. The highest BCUT2D eigenvalue weighted by Gasteiger charge is 2.40. The van der Waals surface area contributed by atoms with Gasteiger partial charge in [0.25, 0.3) is 11.8 Å². The zero-order valence-electron chi connectivity index (χ0n) is 19.0. The van der Waals surface area contributed by atoms with E-state index in [1.807, 2.05) is 49.5 Å². The Bertz CT molecular complexity index is 1460. The first-order valence-electron chi connectivity index (χ1n) is 11.4. The van der Waals surface area contributed by atoms with Crippen LogP contribution >= 0.6 is 11.6 Å². The van der Waals surface area contributed by atoms with Crippen LogP contribution in [0.25, 0.3) is 10.9 Å². The molecule has 0 N–H and O–H groups in total. The molecule has 2 aliphatic rings. The molecule has 8 heteroatoms. The van der Waals surface area contributed by atoms with E-state index in [0.717, 1.165) is 33.3 Å². The first kappa shape index (κ1) is 21.0. The number of likely N-dealkylation sites (N-methyl/N-ethyl adjacent to an activating group) is 1. The molecule has 0 spiro atoms. The van der Waals surface area contributed by atoms with Crippen LogP contribution in [0.2, 0.25) is 5.15 Å². The molecule has 0 fully saturated rings. The Morgan fingerprint density at radius 3 is 2.71 bits per heavy atom. The highest BCUT2D eigenvalue weighted by atomic mass is 35.5. The van der Waals surface area contributed by atoms with Crippen LogP contribution in [0, 0.1) is 6.92 Å². The number of fused-ring (bicyclic) bond motifs is 1. The van der Waals surface area contributed by atoms with Gasteiger partial charge in [0.05, 0.1) is 24.3 Å². The molecule has 4 heterocycles. The largest absolute Gasteiger partial charge is 0.343 e. The summed E-state index contributed by atoms with van der Waals surface area (Å²) in [7, 11) is 1.79. The lowest BCUT2D eigenvalue weighted by Crippen LogP contribution is -2.53. The number of rotatable bonds is 3. The van der Waals surface area contributed by atoms with Crippen LogP contribution in [0.15, 0.2) is 54.7 Å². The van der Waals surface area contributed by atoms with Gasteiger partial charge in [-0.25, -0.2) is 4.68 Å². The van der Waals surface area contributed by atoms with Crippen LogP contribution in [0.4, 0.5) is 5.69 Å². The fourth-order valence-electron chi connectivity index (χ4n) is 5.22. The van der Waals surface area contributed by atoms with E-state index >= 15 is 0 Å². The molecule has 0 aliphatic carbocycles. The molecule has 7 nitrogen and oxygen atoms in total. The second-order valence-corrected chi connectivity index (χ2v) is 9.47. The van der Waals surface area contributed by atoms with Crippen molar-refractivity contribution in [3.8, 4) is 0 Å². The summed E-state index contributed by atoms with van der Waals surface area (Å²) in [5.41, 5.74) is 5.14. The molecule has 0 saturated carbocycles. The van der Waals surface area contributed by atoms with Crippen molar-refractivity contribution in [2.45, 2.75) is 32.5 Å². The number of benzene rings is 2. The molecule has 2 aromatic carbocycles. The Balaban J connectivity index is 1.35. The zero-order chi connectivity index (χ0) is 23.6. The van der Waals surface area contributed by atoms with Gasteiger partial charge < -0.3 is 14.4 Å². The predicted octanol–water partition coefficient (Wildman–Crippen LogP) is 3.89. The Hall–Kier alpha value is -3.58. The smallest absolute Gasteiger partial charge is 0.275 e. The number of amides is 2. The van der Waals surface area contributed by atoms with Crippen molar-refractivity contribution in [1.82, 2.24) is 19.2 Å². The molecule has 0 unspecified atom stereocenters. The monoisotopic (exact) mass is 473 g/mol. The fourth-order valence-corrected chi connectivity index (χ4v) is 5.50. The standard InChI is InChI=1S/C26H24ClN5O2/c1-16-12-18-8-10-30-15-21(25(33)29(2)20(13-16)23(18)30)31-11-9-19-22(26(31)34)28-32(24(19)27)14-17-6-4-3-5-7-17/h3-8,10,12-13,21H,9,11,14-15H2,1-2H3/t21-/m0/s1. The first-order valence-corrected chi connectivity index (χ1v) is 11.8. The number of hydrogen-bond acceptors (Lipinski definition) is 3. The van der Waals surface area contributed by atoms with E-state index in [1.54, 1.807) is 21.5 Å². The number of anilines is 1. The highest BCUT2D eigenvalue weighted by Crippen LogP contribution is 2.34. The fraction of sp³-hybridized carbons (Fsp3) is 0.269. The van der Waals surface area contributed by atoms with Gasteiger partial charge in [0.1, 0.15) is 11.2 Å². The van der Waals surface area contributed by atoms with Gasteiger partial charge in [-0.3, -0.25) is 9.59 Å². The molecule has 2 amide bonds. The molecule has 0 radical (unpaired) electrons. The van der Waals surface area contributed by atoms with Crippen molar-refractivity contribution in [3.05, 3.63) is 82.3 Å². The quantitative estimate of drug-likeness (QED) is 0.453. The maximum absolute atomic E-state index is 13.6. The first-order chi connectivity index (χ1) is 16.4. The third kappa shape index (κ3) is 3.15. The van der Waals surface area contributed by atoms with E-state index in [1.165, 1.54) is 0 Å². The molecular weight excluding hydrogens is 450 g/mol. The van der Waals surface area contributed by atoms with Crippen LogP contribution < -0.4 is 4.90 Å². The Morgan fingerprint density at radius 1 is 1.12 bits per heavy atom. The summed E-state index contributed by atoms with van der Waals surface area (Å²) in [6, 6.07) is 15.5. The normalized spacial score (nSPS) is 17.9. The van der Waals surface area contributed by atoms with E-state index in [9.17, 15) is 9.59 Å². The number of carbonyl (C=O) groups is 2. The maximum atomic E-state index is 13.6. The number of halogens is 1. The highest BCUT2D eigenvalue weighted by molar-refractivity contribution is 6.31. The van der Waals surface area contributed by atoms with Crippen molar-refractivity contribution in [2.24, 2.45) is 0 Å². The number of hydrogen-bond donors (Lipinski definition) is 0. The van der Waals surface area contributed by atoms with Crippen LogP contribution in [-0.4, -0.2) is 50.7 Å². The second-order valence-electron chi connectivity index (χ2n) is 9.11. The summed E-state index contributed by atoms with van der Waals surface area (Å²) in [5, 5.41) is 6.16. The predicted molar refractivity (Wildman–Crippen MR) is 131 cm³/mol. The molecule has 172 valence electrons. The Morgan fingerprint density at radius 2 is 1.91 bits per heavy atom. The summed E-state index contributed by atoms with van der Waals surface area (Å²) in [4.78, 5) is 30.6. The van der Waals surface area contributed by atoms with Crippen LogP contribution in [0.5, 0.6) is 0 Å². The molecule has 1 atom stereocenters. The lowest BCUT2D eigenvalue weighted by atomic mass is 10.0. The molecule has 0 saturated heterocycles. The maximum Gasteiger partial charge on any atom is 0.275 e. The average Bonchev–Trinajstić information content (AvgIpc) is 3.35. The van der Waals surface area contributed by atoms with E-state index in [4.69, 9.17) is 11.6 Å². The van der Waals surface area contributed by atoms with Crippen LogP contribution in [0.1, 0.15) is 27.2 Å². The van der Waals surface area contributed by atoms with Crippen molar-refractivity contribution < 1.29 is 9.59 Å². The van der Waals surface area contributed by atoms with E-state index in [-0.39, 0.29) is 11.8 Å². The van der Waals surface area contributed by atoms with Crippen molar-refractivity contribution in [2.75, 3.05) is 18.5 Å². The lowest BCUT2D eigenvalue weighted by Gasteiger charge is -2.34. The van der Waals surface area contributed by atoms with Crippen LogP contribution in [-0.2, 0) is 24.3 Å². The summed E-state index contributed by atoms with van der Waals surface area (Å²) in [5.74, 6) is -0.338. The average molecular weight is 474 g/mol. The topological polar surface area (TPSA) is 63.4 Å². The molecule has 2 aromatic heterocycles. The van der Waals surface area contributed by atoms with Crippen molar-refractivity contribution in [1.29, 1.82) is 0 Å². The third-order valence-electron chi connectivity index (χ3n) is 6.93. The minimum absolute atomic E-state index is 0.0952. The Labute approximate surface area is 202 Å². The number of aromatic nitrogens is 3. The van der Waals surface area contributed by atoms with Gasteiger partial charge in [0.2, 0.25) is 0 Å². The summed E-state index contributed by atoms with van der Waals surface area (Å²) >= 11 is 6.63. The molecule has 2 aliphatic heterocycles. The minimum atomic E-state index is -0.619. The van der Waals surface area contributed by atoms with Crippen molar-refractivity contribution >= 4 is 40.0 Å². The summed E-state index contributed by atoms with van der Waals surface area (Å²) < 4.78 is 3.76. The van der Waals surface area contributed by atoms with Gasteiger partial charge in [-0.05, 0) is 42.7 Å². The molecule has 34 heavy (non-hydrogen) atoms. The van der Waals surface area contributed by atoms with E-state index in [0.29, 0.717) is 36.9 Å². The second kappa shape index (κ2) is 7.74. The van der Waals surface area contributed by atoms with E-state index in [2.05, 4.69) is 21.8 Å². The van der Waals surface area contributed by atoms with Gasteiger partial charge in [-0.15, -0.1) is 0 Å². The number of carbonyl (C=O) groups excluding carboxylic acids is 2. The number of nitrogens with zero attached hydrogens (tertiary/aromatic N) is 5. The minimum Gasteiger partial charge on any atom is -0.343 e. The lowest BCUT2D eigenvalue weighted by molar-refractivity contribution is -0.123. The van der Waals surface area contributed by atoms with Gasteiger partial charge in [0.15, 0.2) is 5.69 Å². The van der Waals surface area contributed by atoms with Gasteiger partial charge in [-0.1, -0.05) is 41.9 Å². The zero-order valence-corrected chi connectivity index (χ0v) is 19.8. The van der Waals surface area contributed by atoms with Gasteiger partial charge in [-0.2, -0.15) is 5.10 Å². The molecule has 0 bridgehead atoms. The molecule has 6 rings (SSSR count). The third-order valence-corrected chi connectivity index (χ3v) is 7.35.